The number of benzene rings is 3. The number of halogens is 1. The molecule has 3 aromatic carbocycles. The van der Waals surface area contributed by atoms with Gasteiger partial charge in [0.2, 0.25) is 0 Å². The van der Waals surface area contributed by atoms with Gasteiger partial charge in [-0.1, -0.05) is 94.8 Å². The number of rotatable bonds is 3. The minimum Gasteiger partial charge on any atom is -0.293 e. The molecule has 1 unspecified atom stereocenters. The summed E-state index contributed by atoms with van der Waals surface area (Å²) in [4.78, 5) is 53.7. The molecule has 0 heterocycles. The Morgan fingerprint density at radius 2 is 1.00 bits per heavy atom. The Balaban J connectivity index is 1.73. The molecule has 0 fully saturated rings. The van der Waals surface area contributed by atoms with Crippen molar-refractivity contribution < 1.29 is 19.2 Å². The quantitative estimate of drug-likeness (QED) is 0.422. The first kappa shape index (κ1) is 18.8. The first-order valence-electron chi connectivity index (χ1n) is 9.56. The number of carbonyl (C=O) groups is 4. The number of hydrogen-bond acceptors (Lipinski definition) is 4. The highest BCUT2D eigenvalue weighted by Gasteiger charge is 2.61. The van der Waals surface area contributed by atoms with Gasteiger partial charge in [0.1, 0.15) is 0 Å². The van der Waals surface area contributed by atoms with Gasteiger partial charge in [-0.2, -0.15) is 0 Å². The average molecular weight is 459 g/mol. The topological polar surface area (TPSA) is 68.3 Å². The third-order valence-corrected chi connectivity index (χ3v) is 7.23. The monoisotopic (exact) mass is 458 g/mol. The fourth-order valence-electron chi connectivity index (χ4n) is 4.64. The summed E-state index contributed by atoms with van der Waals surface area (Å²) in [5.41, 5.74) is 1.86. The molecule has 3 aromatic rings. The Kier molecular flexibility index (Phi) is 4.19. The molecule has 0 N–H and O–H groups in total. The number of fused-ring (bicyclic) bond motifs is 2. The van der Waals surface area contributed by atoms with Crippen molar-refractivity contribution >= 4 is 39.1 Å². The van der Waals surface area contributed by atoms with E-state index in [2.05, 4.69) is 15.9 Å². The first-order chi connectivity index (χ1) is 14.5. The largest absolute Gasteiger partial charge is 0.293 e. The molecule has 146 valence electrons. The van der Waals surface area contributed by atoms with Crippen LogP contribution in [0.25, 0.3) is 0 Å². The Bertz CT molecular complexity index is 1170. The highest BCUT2D eigenvalue weighted by atomic mass is 79.9. The minimum absolute atomic E-state index is 0.302. The average Bonchev–Trinajstić information content (AvgIpc) is 3.14. The van der Waals surface area contributed by atoms with Crippen molar-refractivity contribution in [3.8, 4) is 0 Å². The fourth-order valence-corrected chi connectivity index (χ4v) is 5.59. The molecule has 0 saturated heterocycles. The van der Waals surface area contributed by atoms with Gasteiger partial charge in [-0.25, -0.2) is 0 Å². The molecule has 1 atom stereocenters. The Morgan fingerprint density at radius 1 is 0.600 bits per heavy atom. The highest BCUT2D eigenvalue weighted by molar-refractivity contribution is 9.10. The minimum atomic E-state index is -1.73. The molecular formula is C25H15BrO4. The van der Waals surface area contributed by atoms with Crippen LogP contribution in [0.1, 0.15) is 52.9 Å². The summed E-state index contributed by atoms with van der Waals surface area (Å²) in [7, 11) is 0. The Morgan fingerprint density at radius 3 is 1.47 bits per heavy atom. The van der Waals surface area contributed by atoms with Crippen LogP contribution in [0.4, 0.5) is 0 Å². The van der Waals surface area contributed by atoms with Gasteiger partial charge in [-0.05, 0) is 5.56 Å². The van der Waals surface area contributed by atoms with Crippen molar-refractivity contribution in [2.24, 2.45) is 5.92 Å². The van der Waals surface area contributed by atoms with Crippen LogP contribution >= 0.6 is 15.9 Å². The molecule has 2 aliphatic rings. The van der Waals surface area contributed by atoms with Crippen molar-refractivity contribution in [3.63, 3.8) is 0 Å². The van der Waals surface area contributed by atoms with Crippen LogP contribution in [0.2, 0.25) is 0 Å². The molecule has 4 nitrogen and oxygen atoms in total. The molecule has 0 radical (unpaired) electrons. The third-order valence-electron chi connectivity index (χ3n) is 6.02. The number of ketones is 4. The van der Waals surface area contributed by atoms with Gasteiger partial charge in [-0.15, -0.1) is 0 Å². The van der Waals surface area contributed by atoms with Crippen LogP contribution in [0, 0.1) is 5.92 Å². The molecule has 0 bridgehead atoms. The summed E-state index contributed by atoms with van der Waals surface area (Å²) >= 11 is 3.47. The Labute approximate surface area is 181 Å². The van der Waals surface area contributed by atoms with E-state index in [-0.39, 0.29) is 11.6 Å². The van der Waals surface area contributed by atoms with Crippen molar-refractivity contribution in [2.75, 3.05) is 0 Å². The number of carbonyl (C=O) groups excluding carboxylic acids is 4. The van der Waals surface area contributed by atoms with Crippen LogP contribution in [0.5, 0.6) is 0 Å². The zero-order valence-corrected chi connectivity index (χ0v) is 17.3. The van der Waals surface area contributed by atoms with E-state index < -0.39 is 27.7 Å². The molecule has 0 amide bonds. The second-order valence-corrected chi connectivity index (χ2v) is 8.81. The normalized spacial score (nSPS) is 18.4. The summed E-state index contributed by atoms with van der Waals surface area (Å²) in [5.74, 6) is -3.70. The van der Waals surface area contributed by atoms with Gasteiger partial charge in [0.15, 0.2) is 27.5 Å². The molecule has 30 heavy (non-hydrogen) atoms. The van der Waals surface area contributed by atoms with Gasteiger partial charge in [0, 0.05) is 28.2 Å². The van der Waals surface area contributed by atoms with Gasteiger partial charge in [0.25, 0.3) is 0 Å². The zero-order valence-electron chi connectivity index (χ0n) is 15.7. The maximum atomic E-state index is 13.5. The van der Waals surface area contributed by atoms with Crippen LogP contribution in [-0.4, -0.2) is 27.5 Å². The molecular weight excluding hydrogens is 444 g/mol. The predicted octanol–water partition coefficient (Wildman–Crippen LogP) is 4.68. The lowest BCUT2D eigenvalue weighted by atomic mass is 9.72. The maximum Gasteiger partial charge on any atom is 0.188 e. The lowest BCUT2D eigenvalue weighted by Gasteiger charge is -2.33. The van der Waals surface area contributed by atoms with E-state index in [9.17, 15) is 19.2 Å². The van der Waals surface area contributed by atoms with E-state index in [1.807, 2.05) is 6.07 Å². The molecule has 5 heteroatoms. The van der Waals surface area contributed by atoms with Gasteiger partial charge < -0.3 is 0 Å². The van der Waals surface area contributed by atoms with E-state index in [0.29, 0.717) is 27.8 Å². The molecule has 0 saturated carbocycles. The van der Waals surface area contributed by atoms with E-state index in [4.69, 9.17) is 0 Å². The summed E-state index contributed by atoms with van der Waals surface area (Å²) in [6.07, 6.45) is 0. The van der Waals surface area contributed by atoms with E-state index in [1.54, 1.807) is 72.8 Å². The smallest absolute Gasteiger partial charge is 0.188 e. The molecule has 0 aromatic heterocycles. The van der Waals surface area contributed by atoms with Crippen molar-refractivity contribution in [2.45, 2.75) is 10.2 Å². The van der Waals surface area contributed by atoms with Crippen LogP contribution in [-0.2, 0) is 0 Å². The van der Waals surface area contributed by atoms with Gasteiger partial charge >= 0.3 is 0 Å². The molecule has 2 aliphatic carbocycles. The van der Waals surface area contributed by atoms with Gasteiger partial charge in [0.05, 0.1) is 5.92 Å². The molecule has 5 rings (SSSR count). The van der Waals surface area contributed by atoms with E-state index in [1.165, 1.54) is 0 Å². The number of alkyl halides is 1. The third kappa shape index (κ3) is 2.39. The molecule has 0 spiro atoms. The second-order valence-electron chi connectivity index (χ2n) is 7.56. The lowest BCUT2D eigenvalue weighted by molar-refractivity contribution is 0.0758. The van der Waals surface area contributed by atoms with E-state index >= 15 is 0 Å². The standard InChI is InChI=1S/C25H15BrO4/c26-25(23(29)17-12-6-7-13-18(17)24(25)30)20(14-8-2-1-3-9-14)19-21(27)15-10-4-5-11-16(15)22(19)28/h1-13,19-20H. The second kappa shape index (κ2) is 6.67. The van der Waals surface area contributed by atoms with Crippen LogP contribution in [0.3, 0.4) is 0 Å². The van der Waals surface area contributed by atoms with Crippen LogP contribution < -0.4 is 0 Å². The SMILES string of the molecule is O=C1c2ccccc2C(=O)C1C(c1ccccc1)C1(Br)C(=O)c2ccccc2C1=O. The van der Waals surface area contributed by atoms with Crippen molar-refractivity contribution in [3.05, 3.63) is 107 Å². The fraction of sp³-hybridized carbons (Fsp3) is 0.120. The highest BCUT2D eigenvalue weighted by Crippen LogP contribution is 2.52. The lowest BCUT2D eigenvalue weighted by Crippen LogP contribution is -2.46. The zero-order chi connectivity index (χ0) is 21.0. The van der Waals surface area contributed by atoms with Crippen molar-refractivity contribution in [1.82, 2.24) is 0 Å². The number of hydrogen-bond donors (Lipinski definition) is 0. The van der Waals surface area contributed by atoms with Crippen molar-refractivity contribution in [1.29, 1.82) is 0 Å². The summed E-state index contributed by atoms with van der Waals surface area (Å²) in [6.45, 7) is 0. The van der Waals surface area contributed by atoms with Crippen LogP contribution in [0.15, 0.2) is 78.9 Å². The predicted molar refractivity (Wildman–Crippen MR) is 115 cm³/mol. The molecule has 0 aliphatic heterocycles. The Hall–Kier alpha value is -3.18. The maximum absolute atomic E-state index is 13.5. The summed E-state index contributed by atoms with van der Waals surface area (Å²) in [5, 5.41) is 0. The number of Topliss-reactive ketones (excluding diaryl/α,β-unsaturated/α-hetero) is 4. The summed E-state index contributed by atoms with van der Waals surface area (Å²) in [6, 6.07) is 22.1. The van der Waals surface area contributed by atoms with E-state index in [0.717, 1.165) is 0 Å². The first-order valence-corrected chi connectivity index (χ1v) is 10.4. The van der Waals surface area contributed by atoms with Gasteiger partial charge in [-0.3, -0.25) is 19.2 Å². The summed E-state index contributed by atoms with van der Waals surface area (Å²) < 4.78 is -1.73.